The van der Waals surface area contributed by atoms with Gasteiger partial charge in [-0.2, -0.15) is 4.98 Å². The minimum Gasteiger partial charge on any atom is -0.496 e. The Kier molecular flexibility index (Phi) is 3.98. The van der Waals surface area contributed by atoms with Gasteiger partial charge in [0.1, 0.15) is 12.0 Å². The molecule has 0 radical (unpaired) electrons. The minimum absolute atomic E-state index is 0.175. The van der Waals surface area contributed by atoms with Crippen LogP contribution >= 0.6 is 0 Å². The molecule has 3 heterocycles. The SMILES string of the molecule is COc1ccccc1C(N)c1noc(CC2(c3ccon3)CNC2)n1. The maximum absolute atomic E-state index is 6.31. The number of nitrogens with two attached hydrogens (primary N) is 1. The predicted molar refractivity (Wildman–Crippen MR) is 88.1 cm³/mol. The van der Waals surface area contributed by atoms with Crippen LogP contribution in [0.5, 0.6) is 5.75 Å². The van der Waals surface area contributed by atoms with E-state index in [0.29, 0.717) is 23.9 Å². The number of hydrogen-bond donors (Lipinski definition) is 2. The Morgan fingerprint density at radius 3 is 2.80 bits per heavy atom. The minimum atomic E-state index is -0.517. The Labute approximate surface area is 144 Å². The van der Waals surface area contributed by atoms with Gasteiger partial charge in [-0.15, -0.1) is 0 Å². The maximum Gasteiger partial charge on any atom is 0.227 e. The van der Waals surface area contributed by atoms with Crippen LogP contribution in [-0.4, -0.2) is 35.5 Å². The van der Waals surface area contributed by atoms with Crippen LogP contribution in [-0.2, 0) is 11.8 Å². The summed E-state index contributed by atoms with van der Waals surface area (Å²) in [7, 11) is 1.61. The normalized spacial score (nSPS) is 17.0. The monoisotopic (exact) mass is 341 g/mol. The highest BCUT2D eigenvalue weighted by Gasteiger charge is 2.43. The quantitative estimate of drug-likeness (QED) is 0.688. The van der Waals surface area contributed by atoms with Gasteiger partial charge in [0.05, 0.1) is 18.8 Å². The molecule has 2 aromatic heterocycles. The maximum atomic E-state index is 6.31. The van der Waals surface area contributed by atoms with Crippen molar-refractivity contribution in [1.29, 1.82) is 0 Å². The summed E-state index contributed by atoms with van der Waals surface area (Å²) in [5, 5.41) is 11.4. The van der Waals surface area contributed by atoms with E-state index in [-0.39, 0.29) is 5.41 Å². The summed E-state index contributed by atoms with van der Waals surface area (Å²) in [6.07, 6.45) is 2.16. The number of rotatable bonds is 6. The molecule has 0 spiro atoms. The zero-order valence-electron chi connectivity index (χ0n) is 13.8. The smallest absolute Gasteiger partial charge is 0.227 e. The average molecular weight is 341 g/mol. The molecule has 1 aliphatic rings. The molecule has 0 saturated carbocycles. The molecule has 1 atom stereocenters. The summed E-state index contributed by atoms with van der Waals surface area (Å²) in [5.74, 6) is 1.66. The highest BCUT2D eigenvalue weighted by molar-refractivity contribution is 5.38. The van der Waals surface area contributed by atoms with Crippen molar-refractivity contribution in [3.63, 3.8) is 0 Å². The van der Waals surface area contributed by atoms with Crippen LogP contribution in [0, 0.1) is 0 Å². The van der Waals surface area contributed by atoms with Crippen LogP contribution < -0.4 is 15.8 Å². The number of para-hydroxylation sites is 1. The van der Waals surface area contributed by atoms with Crippen LogP contribution in [0.25, 0.3) is 0 Å². The third-order valence-electron chi connectivity index (χ3n) is 4.63. The highest BCUT2D eigenvalue weighted by Crippen LogP contribution is 2.32. The van der Waals surface area contributed by atoms with Crippen molar-refractivity contribution in [3.8, 4) is 5.75 Å². The molecule has 0 amide bonds. The summed E-state index contributed by atoms with van der Waals surface area (Å²) in [6, 6.07) is 8.90. The summed E-state index contributed by atoms with van der Waals surface area (Å²) in [4.78, 5) is 4.49. The van der Waals surface area contributed by atoms with E-state index in [4.69, 9.17) is 19.5 Å². The molecule has 0 aliphatic carbocycles. The van der Waals surface area contributed by atoms with Gasteiger partial charge in [0, 0.05) is 36.6 Å². The lowest BCUT2D eigenvalue weighted by Gasteiger charge is -2.39. The second kappa shape index (κ2) is 6.30. The van der Waals surface area contributed by atoms with Crippen LogP contribution in [0.4, 0.5) is 0 Å². The van der Waals surface area contributed by atoms with Gasteiger partial charge in [-0.3, -0.25) is 0 Å². The molecule has 0 bridgehead atoms. The molecule has 3 N–H and O–H groups in total. The lowest BCUT2D eigenvalue weighted by molar-refractivity contribution is 0.228. The van der Waals surface area contributed by atoms with Crippen molar-refractivity contribution < 1.29 is 13.8 Å². The van der Waals surface area contributed by atoms with Crippen LogP contribution in [0.15, 0.2) is 45.6 Å². The Hall–Kier alpha value is -2.71. The van der Waals surface area contributed by atoms with E-state index >= 15 is 0 Å². The van der Waals surface area contributed by atoms with Crippen molar-refractivity contribution in [2.24, 2.45) is 5.73 Å². The van der Waals surface area contributed by atoms with Crippen molar-refractivity contribution >= 4 is 0 Å². The average Bonchev–Trinajstić information content (AvgIpc) is 3.29. The Morgan fingerprint density at radius 2 is 2.12 bits per heavy atom. The first-order valence-electron chi connectivity index (χ1n) is 8.04. The van der Waals surface area contributed by atoms with Gasteiger partial charge in [0.25, 0.3) is 0 Å². The largest absolute Gasteiger partial charge is 0.496 e. The fourth-order valence-corrected chi connectivity index (χ4v) is 3.13. The first-order chi connectivity index (χ1) is 12.2. The number of ether oxygens (including phenoxy) is 1. The van der Waals surface area contributed by atoms with Gasteiger partial charge in [-0.25, -0.2) is 0 Å². The molecule has 4 rings (SSSR count). The molecule has 1 saturated heterocycles. The topological polar surface area (TPSA) is 112 Å². The molecule has 1 aliphatic heterocycles. The summed E-state index contributed by atoms with van der Waals surface area (Å²) in [6.45, 7) is 1.58. The molecule has 1 unspecified atom stereocenters. The van der Waals surface area contributed by atoms with E-state index in [9.17, 15) is 0 Å². The fraction of sp³-hybridized carbons (Fsp3) is 0.353. The van der Waals surface area contributed by atoms with Crippen LogP contribution in [0.3, 0.4) is 0 Å². The standard InChI is InChI=1S/C17H19N5O3/c1-23-12-5-3-2-4-11(12)15(18)16-20-14(25-22-16)8-17(9-19-10-17)13-6-7-24-21-13/h2-7,15,19H,8-10,18H2,1H3. The Morgan fingerprint density at radius 1 is 1.28 bits per heavy atom. The molecule has 3 aromatic rings. The van der Waals surface area contributed by atoms with Crippen molar-refractivity contribution in [2.75, 3.05) is 20.2 Å². The van der Waals surface area contributed by atoms with Gasteiger partial charge in [0.2, 0.25) is 5.89 Å². The van der Waals surface area contributed by atoms with Crippen LogP contribution in [0.2, 0.25) is 0 Å². The molecule has 25 heavy (non-hydrogen) atoms. The summed E-state index contributed by atoms with van der Waals surface area (Å²) >= 11 is 0. The Bertz CT molecular complexity index is 842. The van der Waals surface area contributed by atoms with E-state index in [1.165, 1.54) is 0 Å². The van der Waals surface area contributed by atoms with E-state index < -0.39 is 6.04 Å². The zero-order chi connectivity index (χ0) is 17.3. The second-order valence-electron chi connectivity index (χ2n) is 6.21. The second-order valence-corrected chi connectivity index (χ2v) is 6.21. The molecule has 8 heteroatoms. The van der Waals surface area contributed by atoms with Crippen LogP contribution in [0.1, 0.15) is 29.0 Å². The van der Waals surface area contributed by atoms with Gasteiger partial charge < -0.3 is 24.8 Å². The van der Waals surface area contributed by atoms with Gasteiger partial charge in [-0.05, 0) is 6.07 Å². The number of nitrogens with zero attached hydrogens (tertiary/aromatic N) is 3. The van der Waals surface area contributed by atoms with E-state index in [0.717, 1.165) is 24.3 Å². The summed E-state index contributed by atoms with van der Waals surface area (Å²) < 4.78 is 15.8. The lowest BCUT2D eigenvalue weighted by atomic mass is 9.75. The molecule has 1 fully saturated rings. The third-order valence-corrected chi connectivity index (χ3v) is 4.63. The van der Waals surface area contributed by atoms with Crippen molar-refractivity contribution in [3.05, 3.63) is 59.6 Å². The zero-order valence-corrected chi connectivity index (χ0v) is 13.8. The number of benzene rings is 1. The summed E-state index contributed by atoms with van der Waals surface area (Å²) in [5.41, 5.74) is 7.83. The fourth-order valence-electron chi connectivity index (χ4n) is 3.13. The van der Waals surface area contributed by atoms with Crippen molar-refractivity contribution in [1.82, 2.24) is 20.6 Å². The molecular formula is C17H19N5O3. The van der Waals surface area contributed by atoms with Gasteiger partial charge >= 0.3 is 0 Å². The number of aromatic nitrogens is 3. The van der Waals surface area contributed by atoms with Crippen molar-refractivity contribution in [2.45, 2.75) is 17.9 Å². The first-order valence-corrected chi connectivity index (χ1v) is 8.04. The first kappa shape index (κ1) is 15.8. The lowest BCUT2D eigenvalue weighted by Crippen LogP contribution is -2.58. The number of hydrogen-bond acceptors (Lipinski definition) is 8. The van der Waals surface area contributed by atoms with E-state index in [1.54, 1.807) is 13.4 Å². The van der Waals surface area contributed by atoms with E-state index in [2.05, 4.69) is 20.6 Å². The van der Waals surface area contributed by atoms with Gasteiger partial charge in [0.15, 0.2) is 5.82 Å². The number of nitrogens with one attached hydrogen (secondary N) is 1. The number of methoxy groups -OCH3 is 1. The van der Waals surface area contributed by atoms with E-state index in [1.807, 2.05) is 30.3 Å². The highest BCUT2D eigenvalue weighted by atomic mass is 16.5. The van der Waals surface area contributed by atoms with Gasteiger partial charge in [-0.1, -0.05) is 28.5 Å². The third kappa shape index (κ3) is 2.79. The Balaban J connectivity index is 1.56. The molecular weight excluding hydrogens is 322 g/mol. The molecule has 130 valence electrons. The molecule has 8 nitrogen and oxygen atoms in total. The predicted octanol–water partition coefficient (Wildman–Crippen LogP) is 1.20. The molecule has 1 aromatic carbocycles.